The first kappa shape index (κ1) is 20.4. The molecule has 0 bridgehead atoms. The van der Waals surface area contributed by atoms with Gasteiger partial charge in [0.25, 0.3) is 5.91 Å². The first-order chi connectivity index (χ1) is 12.4. The van der Waals surface area contributed by atoms with Crippen molar-refractivity contribution in [3.8, 4) is 0 Å². The van der Waals surface area contributed by atoms with E-state index in [1.54, 1.807) is 23.6 Å². The predicted molar refractivity (Wildman–Crippen MR) is 102 cm³/mol. The average Bonchev–Trinajstić information content (AvgIpc) is 3.07. The number of thiazole rings is 1. The molecule has 140 valence electrons. The highest BCUT2D eigenvalue weighted by atomic mass is 35.5. The minimum absolute atomic E-state index is 0.0813. The van der Waals surface area contributed by atoms with Gasteiger partial charge in [0, 0.05) is 25.6 Å². The SMILES string of the molecule is COCCN(CCC(=O)O)C(=O)c1csc(Nc2cccc(Cl)c2Cl)n1. The van der Waals surface area contributed by atoms with Gasteiger partial charge in [-0.05, 0) is 12.1 Å². The van der Waals surface area contributed by atoms with Crippen LogP contribution in [-0.4, -0.2) is 53.7 Å². The quantitative estimate of drug-likeness (QED) is 0.645. The number of carbonyl (C=O) groups is 2. The van der Waals surface area contributed by atoms with Gasteiger partial charge < -0.3 is 20.1 Å². The second-order valence-corrected chi connectivity index (χ2v) is 6.84. The average molecular weight is 418 g/mol. The van der Waals surface area contributed by atoms with Crippen LogP contribution in [-0.2, 0) is 9.53 Å². The number of nitrogens with one attached hydrogen (secondary N) is 1. The van der Waals surface area contributed by atoms with Crippen LogP contribution in [0.5, 0.6) is 0 Å². The maximum atomic E-state index is 12.6. The number of carboxylic acids is 1. The Morgan fingerprint density at radius 3 is 2.81 bits per heavy atom. The number of aromatic nitrogens is 1. The molecular weight excluding hydrogens is 401 g/mol. The molecule has 2 rings (SSSR count). The van der Waals surface area contributed by atoms with E-state index in [1.807, 2.05) is 0 Å². The zero-order chi connectivity index (χ0) is 19.1. The van der Waals surface area contributed by atoms with Gasteiger partial charge in [-0.25, -0.2) is 4.98 Å². The molecule has 1 amide bonds. The second-order valence-electron chi connectivity index (χ2n) is 5.19. The van der Waals surface area contributed by atoms with Crippen LogP contribution in [0.3, 0.4) is 0 Å². The Hall–Kier alpha value is -1.87. The lowest BCUT2D eigenvalue weighted by atomic mass is 10.3. The highest BCUT2D eigenvalue weighted by Crippen LogP contribution is 2.32. The fourth-order valence-corrected chi connectivity index (χ4v) is 3.10. The molecule has 10 heteroatoms. The number of aliphatic carboxylic acids is 1. The number of benzene rings is 1. The van der Waals surface area contributed by atoms with E-state index < -0.39 is 5.97 Å². The van der Waals surface area contributed by atoms with E-state index in [0.717, 1.165) is 0 Å². The summed E-state index contributed by atoms with van der Waals surface area (Å²) in [6.07, 6.45) is -0.150. The molecule has 0 radical (unpaired) electrons. The Labute approximate surface area is 164 Å². The highest BCUT2D eigenvalue weighted by molar-refractivity contribution is 7.14. The van der Waals surface area contributed by atoms with Crippen LogP contribution in [0, 0.1) is 0 Å². The summed E-state index contributed by atoms with van der Waals surface area (Å²) in [5.74, 6) is -1.33. The largest absolute Gasteiger partial charge is 0.481 e. The van der Waals surface area contributed by atoms with E-state index in [0.29, 0.717) is 27.5 Å². The number of hydrogen-bond acceptors (Lipinski definition) is 6. The second kappa shape index (κ2) is 9.72. The molecule has 0 unspecified atom stereocenters. The molecule has 0 aliphatic rings. The van der Waals surface area contributed by atoms with E-state index in [4.69, 9.17) is 33.0 Å². The van der Waals surface area contributed by atoms with E-state index in [1.165, 1.54) is 23.3 Å². The Morgan fingerprint density at radius 2 is 2.12 bits per heavy atom. The van der Waals surface area contributed by atoms with E-state index in [2.05, 4.69) is 10.3 Å². The van der Waals surface area contributed by atoms with Crippen molar-refractivity contribution in [1.29, 1.82) is 0 Å². The fraction of sp³-hybridized carbons (Fsp3) is 0.312. The molecular formula is C16H17Cl2N3O4S. The minimum atomic E-state index is -0.976. The van der Waals surface area contributed by atoms with Gasteiger partial charge in [0.2, 0.25) is 0 Å². The number of carboxylic acid groups (broad SMARTS) is 1. The number of methoxy groups -OCH3 is 1. The molecule has 0 aliphatic heterocycles. The molecule has 7 nitrogen and oxygen atoms in total. The van der Waals surface area contributed by atoms with Gasteiger partial charge in [-0.2, -0.15) is 0 Å². The molecule has 0 fully saturated rings. The number of anilines is 2. The molecule has 2 aromatic rings. The number of carbonyl (C=O) groups excluding carboxylic acids is 1. The molecule has 1 aromatic heterocycles. The molecule has 0 aliphatic carbocycles. The lowest BCUT2D eigenvalue weighted by Gasteiger charge is -2.20. The van der Waals surface area contributed by atoms with Crippen LogP contribution in [0.25, 0.3) is 0 Å². The Bertz CT molecular complexity index is 785. The fourth-order valence-electron chi connectivity index (χ4n) is 2.05. The van der Waals surface area contributed by atoms with Crippen LogP contribution >= 0.6 is 34.5 Å². The Kier molecular flexibility index (Phi) is 7.65. The lowest BCUT2D eigenvalue weighted by molar-refractivity contribution is -0.137. The third-order valence-corrected chi connectivity index (χ3v) is 4.94. The van der Waals surface area contributed by atoms with Crippen molar-refractivity contribution in [2.75, 3.05) is 32.1 Å². The molecule has 0 atom stereocenters. The summed E-state index contributed by atoms with van der Waals surface area (Å²) in [7, 11) is 1.51. The van der Waals surface area contributed by atoms with Crippen LogP contribution in [0.15, 0.2) is 23.6 Å². The topological polar surface area (TPSA) is 91.8 Å². The minimum Gasteiger partial charge on any atom is -0.481 e. The summed E-state index contributed by atoms with van der Waals surface area (Å²) >= 11 is 13.3. The van der Waals surface area contributed by atoms with E-state index in [-0.39, 0.29) is 31.1 Å². The van der Waals surface area contributed by atoms with E-state index >= 15 is 0 Å². The summed E-state index contributed by atoms with van der Waals surface area (Å²) in [4.78, 5) is 29.0. The van der Waals surface area contributed by atoms with E-state index in [9.17, 15) is 9.59 Å². The van der Waals surface area contributed by atoms with Crippen molar-refractivity contribution in [2.24, 2.45) is 0 Å². The van der Waals surface area contributed by atoms with Crippen molar-refractivity contribution >= 4 is 57.2 Å². The molecule has 1 heterocycles. The van der Waals surface area contributed by atoms with Gasteiger partial charge in [-0.1, -0.05) is 29.3 Å². The van der Waals surface area contributed by atoms with Crippen LogP contribution in [0.1, 0.15) is 16.9 Å². The van der Waals surface area contributed by atoms with Crippen LogP contribution in [0.4, 0.5) is 10.8 Å². The van der Waals surface area contributed by atoms with Crippen LogP contribution in [0.2, 0.25) is 10.0 Å². The molecule has 0 spiro atoms. The zero-order valence-electron chi connectivity index (χ0n) is 13.9. The number of nitrogens with zero attached hydrogens (tertiary/aromatic N) is 2. The van der Waals surface area contributed by atoms with Crippen molar-refractivity contribution in [3.63, 3.8) is 0 Å². The first-order valence-corrected chi connectivity index (χ1v) is 9.22. The third kappa shape index (κ3) is 5.57. The van der Waals surface area contributed by atoms with Crippen molar-refractivity contribution in [2.45, 2.75) is 6.42 Å². The lowest BCUT2D eigenvalue weighted by Crippen LogP contribution is -2.35. The van der Waals surface area contributed by atoms with Crippen molar-refractivity contribution in [3.05, 3.63) is 39.3 Å². The van der Waals surface area contributed by atoms with Crippen molar-refractivity contribution in [1.82, 2.24) is 9.88 Å². The Balaban J connectivity index is 2.11. The van der Waals surface area contributed by atoms with Crippen molar-refractivity contribution < 1.29 is 19.4 Å². The summed E-state index contributed by atoms with van der Waals surface area (Å²) in [5.41, 5.74) is 0.798. The molecule has 1 aromatic carbocycles. The maximum Gasteiger partial charge on any atom is 0.305 e. The number of rotatable bonds is 9. The van der Waals surface area contributed by atoms with Gasteiger partial charge in [-0.3, -0.25) is 9.59 Å². The van der Waals surface area contributed by atoms with Gasteiger partial charge in [0.05, 0.1) is 28.8 Å². The summed E-state index contributed by atoms with van der Waals surface area (Å²) < 4.78 is 4.98. The highest BCUT2D eigenvalue weighted by Gasteiger charge is 2.20. The molecule has 0 saturated carbocycles. The number of ether oxygens (including phenoxy) is 1. The number of halogens is 2. The number of hydrogen-bond donors (Lipinski definition) is 2. The van der Waals surface area contributed by atoms with Gasteiger partial charge in [0.1, 0.15) is 5.69 Å². The Morgan fingerprint density at radius 1 is 1.35 bits per heavy atom. The zero-order valence-corrected chi connectivity index (χ0v) is 16.2. The standard InChI is InChI=1S/C16H17Cl2N3O4S/c1-25-8-7-21(6-5-13(22)23)15(24)12-9-26-16(20-12)19-11-4-2-3-10(17)14(11)18/h2-4,9H,5-8H2,1H3,(H,19,20)(H,22,23). The molecule has 26 heavy (non-hydrogen) atoms. The first-order valence-electron chi connectivity index (χ1n) is 7.59. The smallest absolute Gasteiger partial charge is 0.305 e. The predicted octanol–water partition coefficient (Wildman–Crippen LogP) is 3.76. The third-order valence-electron chi connectivity index (χ3n) is 3.36. The monoisotopic (exact) mass is 417 g/mol. The summed E-state index contributed by atoms with van der Waals surface area (Å²) in [6, 6.07) is 5.16. The van der Waals surface area contributed by atoms with Gasteiger partial charge in [0.15, 0.2) is 5.13 Å². The number of amides is 1. The van der Waals surface area contributed by atoms with Gasteiger partial charge >= 0.3 is 5.97 Å². The molecule has 2 N–H and O–H groups in total. The van der Waals surface area contributed by atoms with Crippen LogP contribution < -0.4 is 5.32 Å². The normalized spacial score (nSPS) is 10.6. The summed E-state index contributed by atoms with van der Waals surface area (Å²) in [6.45, 7) is 0.666. The summed E-state index contributed by atoms with van der Waals surface area (Å²) in [5, 5.41) is 14.7. The van der Waals surface area contributed by atoms with Gasteiger partial charge in [-0.15, -0.1) is 11.3 Å². The maximum absolute atomic E-state index is 12.6. The molecule has 0 saturated heterocycles.